The number of rotatable bonds is 5. The smallest absolute Gasteiger partial charge is 0.266 e. The molecule has 0 spiro atoms. The van der Waals surface area contributed by atoms with Crippen molar-refractivity contribution in [1.29, 1.82) is 0 Å². The van der Waals surface area contributed by atoms with E-state index in [2.05, 4.69) is 20.7 Å². The first-order valence-electron chi connectivity index (χ1n) is 5.72. The van der Waals surface area contributed by atoms with Crippen molar-refractivity contribution in [3.8, 4) is 5.75 Å². The van der Waals surface area contributed by atoms with E-state index in [1.165, 1.54) is 25.3 Å². The van der Waals surface area contributed by atoms with Crippen LogP contribution in [0, 0.1) is 5.82 Å². The van der Waals surface area contributed by atoms with Gasteiger partial charge in [-0.1, -0.05) is 0 Å². The van der Waals surface area contributed by atoms with Gasteiger partial charge in [0.05, 0.1) is 19.3 Å². The highest BCUT2D eigenvalue weighted by Gasteiger charge is 2.22. The Morgan fingerprint density at radius 1 is 1.43 bits per heavy atom. The summed E-state index contributed by atoms with van der Waals surface area (Å²) in [7, 11) is -2.60. The lowest BCUT2D eigenvalue weighted by Crippen LogP contribution is -2.13. The Labute approximate surface area is 129 Å². The van der Waals surface area contributed by atoms with Crippen LogP contribution in [0.15, 0.2) is 38.2 Å². The van der Waals surface area contributed by atoms with Gasteiger partial charge < -0.3 is 14.9 Å². The zero-order chi connectivity index (χ0) is 15.6. The van der Waals surface area contributed by atoms with Crippen LogP contribution in [0.2, 0.25) is 0 Å². The molecule has 0 saturated carbocycles. The molecule has 1 heterocycles. The van der Waals surface area contributed by atoms with Crippen LogP contribution < -0.4 is 15.2 Å². The zero-order valence-corrected chi connectivity index (χ0v) is 13.3. The van der Waals surface area contributed by atoms with Gasteiger partial charge in [-0.2, -0.15) is 0 Å². The van der Waals surface area contributed by atoms with Crippen LogP contribution in [-0.2, 0) is 16.6 Å². The number of benzene rings is 1. The monoisotopic (exact) mass is 378 g/mol. The van der Waals surface area contributed by atoms with Crippen LogP contribution in [-0.4, -0.2) is 15.5 Å². The molecular formula is C12H12BrFN2O4S. The number of halogens is 2. The van der Waals surface area contributed by atoms with Crippen LogP contribution in [0.5, 0.6) is 5.75 Å². The number of furan rings is 1. The molecule has 0 saturated heterocycles. The van der Waals surface area contributed by atoms with Crippen molar-refractivity contribution < 1.29 is 22.0 Å². The molecule has 0 aliphatic carbocycles. The van der Waals surface area contributed by atoms with E-state index in [1.54, 1.807) is 0 Å². The topological polar surface area (TPSA) is 94.6 Å². The maximum atomic E-state index is 13.6. The standard InChI is InChI=1S/C12H12BrFN2O4S/c1-19-10-3-2-7(4-9(10)14)16-21(17,18)11-5-8(6-15)20-12(11)13/h2-5,16H,6,15H2,1H3. The van der Waals surface area contributed by atoms with E-state index in [0.717, 1.165) is 6.07 Å². The summed E-state index contributed by atoms with van der Waals surface area (Å²) in [6, 6.07) is 5.03. The Kier molecular flexibility index (Phi) is 4.55. The zero-order valence-electron chi connectivity index (χ0n) is 10.9. The fourth-order valence-corrected chi connectivity index (χ4v) is 3.67. The molecule has 0 unspecified atom stereocenters. The number of ether oxygens (including phenoxy) is 1. The largest absolute Gasteiger partial charge is 0.494 e. The maximum absolute atomic E-state index is 13.6. The molecule has 0 bridgehead atoms. The first-order valence-corrected chi connectivity index (χ1v) is 7.99. The van der Waals surface area contributed by atoms with Gasteiger partial charge in [-0.3, -0.25) is 4.72 Å². The van der Waals surface area contributed by atoms with Crippen molar-refractivity contribution in [3.05, 3.63) is 40.5 Å². The third-order valence-corrected chi connectivity index (χ3v) is 4.84. The summed E-state index contributed by atoms with van der Waals surface area (Å²) in [5, 5.41) is 0. The summed E-state index contributed by atoms with van der Waals surface area (Å²) in [5.41, 5.74) is 5.45. The molecule has 0 aliphatic heterocycles. The third-order valence-electron chi connectivity index (χ3n) is 2.60. The van der Waals surface area contributed by atoms with E-state index < -0.39 is 15.8 Å². The molecule has 0 amide bonds. The molecule has 114 valence electrons. The van der Waals surface area contributed by atoms with Gasteiger partial charge in [0.15, 0.2) is 16.2 Å². The lowest BCUT2D eigenvalue weighted by atomic mass is 10.3. The molecule has 0 aliphatic rings. The predicted molar refractivity (Wildman–Crippen MR) is 78.1 cm³/mol. The van der Waals surface area contributed by atoms with Crippen molar-refractivity contribution in [2.24, 2.45) is 5.73 Å². The minimum absolute atomic E-state index is 0.0212. The summed E-state index contributed by atoms with van der Waals surface area (Å²) >= 11 is 3.01. The number of methoxy groups -OCH3 is 1. The molecule has 1 aromatic heterocycles. The van der Waals surface area contributed by atoms with Crippen molar-refractivity contribution in [1.82, 2.24) is 0 Å². The van der Waals surface area contributed by atoms with Crippen LogP contribution in [0.1, 0.15) is 5.76 Å². The summed E-state index contributed by atoms with van der Waals surface area (Å²) < 4.78 is 50.2. The highest BCUT2D eigenvalue weighted by molar-refractivity contribution is 9.10. The molecule has 0 fully saturated rings. The fourth-order valence-electron chi connectivity index (χ4n) is 1.62. The molecule has 0 atom stereocenters. The first kappa shape index (κ1) is 15.8. The summed E-state index contributed by atoms with van der Waals surface area (Å²) in [6.45, 7) is 0.0608. The summed E-state index contributed by atoms with van der Waals surface area (Å²) in [6.07, 6.45) is 0. The Balaban J connectivity index is 2.32. The van der Waals surface area contributed by atoms with E-state index in [1.807, 2.05) is 0 Å². The van der Waals surface area contributed by atoms with Gasteiger partial charge in [0.25, 0.3) is 10.0 Å². The van der Waals surface area contributed by atoms with Crippen LogP contribution >= 0.6 is 15.9 Å². The van der Waals surface area contributed by atoms with Gasteiger partial charge in [-0.25, -0.2) is 12.8 Å². The van der Waals surface area contributed by atoms with Crippen LogP contribution in [0.4, 0.5) is 10.1 Å². The molecule has 1 aromatic carbocycles. The van der Waals surface area contributed by atoms with Crippen molar-refractivity contribution in [2.45, 2.75) is 11.4 Å². The van der Waals surface area contributed by atoms with E-state index in [9.17, 15) is 12.8 Å². The normalized spacial score (nSPS) is 11.4. The first-order chi connectivity index (χ1) is 9.87. The highest BCUT2D eigenvalue weighted by Crippen LogP contribution is 2.28. The maximum Gasteiger partial charge on any atom is 0.266 e. The molecule has 21 heavy (non-hydrogen) atoms. The SMILES string of the molecule is COc1ccc(NS(=O)(=O)c2cc(CN)oc2Br)cc1F. The molecular weight excluding hydrogens is 367 g/mol. The minimum atomic E-state index is -3.92. The molecule has 6 nitrogen and oxygen atoms in total. The van der Waals surface area contributed by atoms with Gasteiger partial charge in [-0.15, -0.1) is 0 Å². The lowest BCUT2D eigenvalue weighted by Gasteiger charge is -2.08. The predicted octanol–water partition coefficient (Wildman–Crippen LogP) is 2.45. The molecule has 2 rings (SSSR count). The Morgan fingerprint density at radius 3 is 2.67 bits per heavy atom. The fraction of sp³-hybridized carbons (Fsp3) is 0.167. The molecule has 9 heteroatoms. The Bertz CT molecular complexity index is 761. The minimum Gasteiger partial charge on any atom is -0.494 e. The van der Waals surface area contributed by atoms with E-state index in [0.29, 0.717) is 5.76 Å². The average molecular weight is 379 g/mol. The van der Waals surface area contributed by atoms with Crippen molar-refractivity contribution in [3.63, 3.8) is 0 Å². The molecule has 3 N–H and O–H groups in total. The second-order valence-corrected chi connectivity index (χ2v) is 6.38. The van der Waals surface area contributed by atoms with Crippen LogP contribution in [0.25, 0.3) is 0 Å². The van der Waals surface area contributed by atoms with Gasteiger partial charge in [0.1, 0.15) is 10.7 Å². The van der Waals surface area contributed by atoms with Gasteiger partial charge >= 0.3 is 0 Å². The summed E-state index contributed by atoms with van der Waals surface area (Å²) in [4.78, 5) is -0.112. The molecule has 2 aromatic rings. The Morgan fingerprint density at radius 2 is 2.14 bits per heavy atom. The second kappa shape index (κ2) is 6.04. The van der Waals surface area contributed by atoms with Gasteiger partial charge in [-0.05, 0) is 28.1 Å². The second-order valence-electron chi connectivity index (χ2n) is 4.01. The Hall–Kier alpha value is -1.58. The van der Waals surface area contributed by atoms with Gasteiger partial charge in [0, 0.05) is 12.1 Å². The van der Waals surface area contributed by atoms with Crippen LogP contribution in [0.3, 0.4) is 0 Å². The number of hydrogen-bond acceptors (Lipinski definition) is 5. The summed E-state index contributed by atoms with van der Waals surface area (Å²) in [5.74, 6) is -0.345. The number of sulfonamides is 1. The van der Waals surface area contributed by atoms with Crippen molar-refractivity contribution >= 4 is 31.6 Å². The van der Waals surface area contributed by atoms with E-state index >= 15 is 0 Å². The lowest BCUT2D eigenvalue weighted by molar-refractivity contribution is 0.386. The number of nitrogens with one attached hydrogen (secondary N) is 1. The number of hydrogen-bond donors (Lipinski definition) is 2. The van der Waals surface area contributed by atoms with Crippen molar-refractivity contribution in [2.75, 3.05) is 11.8 Å². The highest BCUT2D eigenvalue weighted by atomic mass is 79.9. The van der Waals surface area contributed by atoms with E-state index in [-0.39, 0.29) is 27.5 Å². The average Bonchev–Trinajstić information content (AvgIpc) is 2.81. The molecule has 0 radical (unpaired) electrons. The quantitative estimate of drug-likeness (QED) is 0.832. The van der Waals surface area contributed by atoms with Gasteiger partial charge in [0.2, 0.25) is 0 Å². The third kappa shape index (κ3) is 3.36. The number of nitrogens with two attached hydrogens (primary N) is 1. The van der Waals surface area contributed by atoms with E-state index in [4.69, 9.17) is 14.9 Å². The number of anilines is 1.